The molecule has 0 aromatic carbocycles. The van der Waals surface area contributed by atoms with Crippen LogP contribution in [0.3, 0.4) is 0 Å². The van der Waals surface area contributed by atoms with E-state index in [1.165, 1.54) is 44.9 Å². The van der Waals surface area contributed by atoms with E-state index in [4.69, 9.17) is 4.74 Å². The molecule has 2 aliphatic carbocycles. The lowest BCUT2D eigenvalue weighted by Gasteiger charge is -2.48. The van der Waals surface area contributed by atoms with Crippen LogP contribution in [0.5, 0.6) is 0 Å². The third-order valence-corrected chi connectivity index (χ3v) is 6.32. The molecule has 110 valence electrons. The molecule has 19 heavy (non-hydrogen) atoms. The molecule has 2 saturated carbocycles. The van der Waals surface area contributed by atoms with Crippen LogP contribution >= 0.6 is 0 Å². The van der Waals surface area contributed by atoms with Gasteiger partial charge in [-0.15, -0.1) is 0 Å². The van der Waals surface area contributed by atoms with Crippen molar-refractivity contribution in [3.05, 3.63) is 0 Å². The number of rotatable bonds is 2. The van der Waals surface area contributed by atoms with Crippen LogP contribution in [0.1, 0.15) is 77.6 Å². The highest BCUT2D eigenvalue weighted by atomic mass is 16.5. The first-order valence-corrected chi connectivity index (χ1v) is 8.52. The zero-order valence-corrected chi connectivity index (χ0v) is 12.5. The first kappa shape index (κ1) is 13.9. The molecule has 1 heterocycles. The van der Waals surface area contributed by atoms with Gasteiger partial charge in [-0.3, -0.25) is 0 Å². The molecule has 3 fully saturated rings. The van der Waals surface area contributed by atoms with Gasteiger partial charge in [-0.1, -0.05) is 26.2 Å². The van der Waals surface area contributed by atoms with E-state index < -0.39 is 0 Å². The molecule has 1 spiro atoms. The Labute approximate surface area is 117 Å². The van der Waals surface area contributed by atoms with Gasteiger partial charge in [-0.05, 0) is 63.2 Å². The zero-order valence-electron chi connectivity index (χ0n) is 12.5. The smallest absolute Gasteiger partial charge is 0.0686 e. The maximum atomic E-state index is 11.1. The van der Waals surface area contributed by atoms with Crippen molar-refractivity contribution in [1.29, 1.82) is 0 Å². The highest BCUT2D eigenvalue weighted by Crippen LogP contribution is 2.48. The Hall–Kier alpha value is -0.0800. The van der Waals surface area contributed by atoms with Gasteiger partial charge in [0.15, 0.2) is 0 Å². The molecule has 3 rings (SSSR count). The average Bonchev–Trinajstić information content (AvgIpc) is 2.88. The number of hydrogen-bond acceptors (Lipinski definition) is 2. The summed E-state index contributed by atoms with van der Waals surface area (Å²) in [4.78, 5) is 0. The Bertz CT molecular complexity index is 298. The van der Waals surface area contributed by atoms with Gasteiger partial charge in [0.05, 0.1) is 11.2 Å². The Balaban J connectivity index is 1.64. The van der Waals surface area contributed by atoms with Crippen LogP contribution < -0.4 is 0 Å². The van der Waals surface area contributed by atoms with E-state index in [9.17, 15) is 5.11 Å². The maximum Gasteiger partial charge on any atom is 0.0686 e. The Kier molecular flexibility index (Phi) is 3.92. The third kappa shape index (κ3) is 2.71. The van der Waals surface area contributed by atoms with Crippen molar-refractivity contribution in [3.8, 4) is 0 Å². The van der Waals surface area contributed by atoms with Crippen LogP contribution in [0.4, 0.5) is 0 Å². The molecule has 1 unspecified atom stereocenters. The lowest BCUT2D eigenvalue weighted by Crippen LogP contribution is -2.49. The van der Waals surface area contributed by atoms with Crippen LogP contribution in [-0.4, -0.2) is 22.9 Å². The Morgan fingerprint density at radius 1 is 1.05 bits per heavy atom. The minimum absolute atomic E-state index is 0.153. The van der Waals surface area contributed by atoms with Gasteiger partial charge in [-0.2, -0.15) is 0 Å². The van der Waals surface area contributed by atoms with E-state index in [1.54, 1.807) is 0 Å². The van der Waals surface area contributed by atoms with E-state index >= 15 is 0 Å². The van der Waals surface area contributed by atoms with E-state index in [1.807, 2.05) is 0 Å². The van der Waals surface area contributed by atoms with E-state index in [0.717, 1.165) is 38.2 Å². The standard InChI is InChI=1S/C17H30O2/c1-2-14-5-10-17(18,11-6-14)15-7-12-19-16(13-15)8-3-4-9-16/h14-15,18H,2-13H2,1H3. The van der Waals surface area contributed by atoms with Crippen LogP contribution in [-0.2, 0) is 4.74 Å². The molecular weight excluding hydrogens is 236 g/mol. The van der Waals surface area contributed by atoms with Gasteiger partial charge >= 0.3 is 0 Å². The summed E-state index contributed by atoms with van der Waals surface area (Å²) >= 11 is 0. The van der Waals surface area contributed by atoms with E-state index in [2.05, 4.69) is 6.92 Å². The molecule has 0 aromatic heterocycles. The van der Waals surface area contributed by atoms with Crippen LogP contribution in [0, 0.1) is 11.8 Å². The molecule has 0 aromatic rings. The van der Waals surface area contributed by atoms with Crippen LogP contribution in [0.15, 0.2) is 0 Å². The highest BCUT2D eigenvalue weighted by Gasteiger charge is 2.47. The summed E-state index contributed by atoms with van der Waals surface area (Å²) in [7, 11) is 0. The molecule has 2 nitrogen and oxygen atoms in total. The summed E-state index contributed by atoms with van der Waals surface area (Å²) in [5, 5.41) is 11.1. The predicted octanol–water partition coefficient (Wildman–Crippen LogP) is 4.06. The van der Waals surface area contributed by atoms with Crippen molar-refractivity contribution in [3.63, 3.8) is 0 Å². The lowest BCUT2D eigenvalue weighted by molar-refractivity contribution is -0.152. The van der Waals surface area contributed by atoms with Crippen molar-refractivity contribution in [2.45, 2.75) is 88.8 Å². The molecule has 3 aliphatic rings. The fraction of sp³-hybridized carbons (Fsp3) is 1.00. The first-order chi connectivity index (χ1) is 9.16. The molecule has 0 amide bonds. The maximum absolute atomic E-state index is 11.1. The number of aliphatic hydroxyl groups is 1. The molecule has 0 bridgehead atoms. The first-order valence-electron chi connectivity index (χ1n) is 8.52. The monoisotopic (exact) mass is 266 g/mol. The Morgan fingerprint density at radius 2 is 1.74 bits per heavy atom. The summed E-state index contributed by atoms with van der Waals surface area (Å²) in [6.07, 6.45) is 13.1. The summed E-state index contributed by atoms with van der Waals surface area (Å²) < 4.78 is 6.12. The lowest BCUT2D eigenvalue weighted by atomic mass is 9.67. The highest BCUT2D eigenvalue weighted by molar-refractivity contribution is 4.99. The Morgan fingerprint density at radius 3 is 2.37 bits per heavy atom. The molecular formula is C17H30O2. The minimum Gasteiger partial charge on any atom is -0.390 e. The largest absolute Gasteiger partial charge is 0.390 e. The fourth-order valence-corrected chi connectivity index (χ4v) is 4.85. The summed E-state index contributed by atoms with van der Waals surface area (Å²) in [5.74, 6) is 1.36. The SMILES string of the molecule is CCC1CCC(O)(C2CCOC3(CCCC3)C2)CC1. The van der Waals surface area contributed by atoms with Crippen molar-refractivity contribution in [2.24, 2.45) is 11.8 Å². The topological polar surface area (TPSA) is 29.5 Å². The van der Waals surface area contributed by atoms with Crippen LogP contribution in [0.2, 0.25) is 0 Å². The summed E-state index contributed by atoms with van der Waals surface area (Å²) in [5.41, 5.74) is -0.217. The van der Waals surface area contributed by atoms with Gasteiger partial charge < -0.3 is 9.84 Å². The van der Waals surface area contributed by atoms with Crippen molar-refractivity contribution in [1.82, 2.24) is 0 Å². The minimum atomic E-state index is -0.370. The van der Waals surface area contributed by atoms with Gasteiger partial charge in [0.1, 0.15) is 0 Å². The van der Waals surface area contributed by atoms with Crippen molar-refractivity contribution < 1.29 is 9.84 Å². The van der Waals surface area contributed by atoms with Gasteiger partial charge in [0.25, 0.3) is 0 Å². The van der Waals surface area contributed by atoms with Crippen molar-refractivity contribution >= 4 is 0 Å². The molecule has 1 saturated heterocycles. The van der Waals surface area contributed by atoms with Gasteiger partial charge in [0.2, 0.25) is 0 Å². The number of ether oxygens (including phenoxy) is 1. The normalized spacial score (nSPS) is 42.6. The van der Waals surface area contributed by atoms with Crippen LogP contribution in [0.25, 0.3) is 0 Å². The second-order valence-corrected chi connectivity index (χ2v) is 7.38. The van der Waals surface area contributed by atoms with Gasteiger partial charge in [-0.25, -0.2) is 0 Å². The molecule has 0 radical (unpaired) electrons. The fourth-order valence-electron chi connectivity index (χ4n) is 4.85. The molecule has 2 heteroatoms. The second kappa shape index (κ2) is 5.37. The van der Waals surface area contributed by atoms with E-state index in [0.29, 0.717) is 5.92 Å². The van der Waals surface area contributed by atoms with Gasteiger partial charge in [0, 0.05) is 6.61 Å². The zero-order chi connectivity index (χ0) is 13.3. The summed E-state index contributed by atoms with van der Waals surface area (Å²) in [6.45, 7) is 3.17. The second-order valence-electron chi connectivity index (χ2n) is 7.38. The predicted molar refractivity (Wildman–Crippen MR) is 77.1 cm³/mol. The summed E-state index contributed by atoms with van der Waals surface area (Å²) in [6, 6.07) is 0. The quantitative estimate of drug-likeness (QED) is 0.817. The molecule has 1 aliphatic heterocycles. The van der Waals surface area contributed by atoms with E-state index in [-0.39, 0.29) is 11.2 Å². The molecule has 1 atom stereocenters. The van der Waals surface area contributed by atoms with Crippen molar-refractivity contribution in [2.75, 3.05) is 6.61 Å². The molecule has 1 N–H and O–H groups in total. The average molecular weight is 266 g/mol. The third-order valence-electron chi connectivity index (χ3n) is 6.32. The number of hydrogen-bond donors (Lipinski definition) is 1.